The van der Waals surface area contributed by atoms with Crippen molar-refractivity contribution in [2.75, 3.05) is 4.72 Å². The van der Waals surface area contributed by atoms with Crippen molar-refractivity contribution in [1.29, 1.82) is 0 Å². The Morgan fingerprint density at radius 2 is 1.87 bits per heavy atom. The molecule has 0 aliphatic carbocycles. The molecule has 0 amide bonds. The third kappa shape index (κ3) is 4.77. The van der Waals surface area contributed by atoms with Gasteiger partial charge in [0.05, 0.1) is 0 Å². The van der Waals surface area contributed by atoms with E-state index in [2.05, 4.69) is 11.3 Å². The van der Waals surface area contributed by atoms with Gasteiger partial charge in [0.15, 0.2) is 0 Å². The number of rotatable bonds is 7. The number of nitrogens with one attached hydrogen (secondary N) is 1. The monoisotopic (exact) mass is 428 g/mol. The van der Waals surface area contributed by atoms with Gasteiger partial charge >= 0.3 is 0 Å². The molecule has 3 aromatic rings. The van der Waals surface area contributed by atoms with Crippen molar-refractivity contribution >= 4 is 15.7 Å². The summed E-state index contributed by atoms with van der Waals surface area (Å²) in [5.41, 5.74) is 2.05. The van der Waals surface area contributed by atoms with Gasteiger partial charge in [0.25, 0.3) is 15.6 Å². The Balaban J connectivity index is 2.15. The SMILES string of the molecule is C=CS(=O)(=O)Nc1ccc(Oc2ccc(F)cc2)c(-c2cc(CC)c(=O)n(C)c2)c1. The fourth-order valence-electron chi connectivity index (χ4n) is 2.92. The van der Waals surface area contributed by atoms with Gasteiger partial charge < -0.3 is 9.30 Å². The number of hydrogen-bond acceptors (Lipinski definition) is 4. The van der Waals surface area contributed by atoms with Crippen LogP contribution in [0.4, 0.5) is 10.1 Å². The third-order valence-corrected chi connectivity index (χ3v) is 5.41. The molecule has 0 atom stereocenters. The largest absolute Gasteiger partial charge is 0.457 e. The molecule has 0 aliphatic rings. The minimum Gasteiger partial charge on any atom is -0.457 e. The Kier molecular flexibility index (Phi) is 6.07. The predicted molar refractivity (Wildman–Crippen MR) is 116 cm³/mol. The van der Waals surface area contributed by atoms with Crippen LogP contribution in [0, 0.1) is 5.82 Å². The molecular weight excluding hydrogens is 407 g/mol. The minimum atomic E-state index is -3.70. The zero-order valence-corrected chi connectivity index (χ0v) is 17.4. The summed E-state index contributed by atoms with van der Waals surface area (Å²) in [5.74, 6) is 0.448. The fourth-order valence-corrected chi connectivity index (χ4v) is 3.46. The lowest BCUT2D eigenvalue weighted by Crippen LogP contribution is -2.20. The van der Waals surface area contributed by atoms with Gasteiger partial charge in [-0.05, 0) is 55.0 Å². The first-order valence-electron chi connectivity index (χ1n) is 9.15. The van der Waals surface area contributed by atoms with E-state index in [9.17, 15) is 17.6 Å². The summed E-state index contributed by atoms with van der Waals surface area (Å²) in [6, 6.07) is 12.1. The molecule has 0 aliphatic heterocycles. The molecule has 0 saturated carbocycles. The highest BCUT2D eigenvalue weighted by Gasteiger charge is 2.14. The summed E-state index contributed by atoms with van der Waals surface area (Å²) in [7, 11) is -2.05. The van der Waals surface area contributed by atoms with Gasteiger partial charge in [-0.2, -0.15) is 0 Å². The molecule has 0 fully saturated rings. The van der Waals surface area contributed by atoms with E-state index in [-0.39, 0.29) is 11.4 Å². The Morgan fingerprint density at radius 1 is 1.17 bits per heavy atom. The molecule has 0 saturated heterocycles. The predicted octanol–water partition coefficient (Wildman–Crippen LogP) is 4.43. The number of benzene rings is 2. The van der Waals surface area contributed by atoms with Gasteiger partial charge in [-0.1, -0.05) is 13.5 Å². The zero-order chi connectivity index (χ0) is 21.9. The number of nitrogens with zero attached hydrogens (tertiary/aromatic N) is 1. The van der Waals surface area contributed by atoms with Crippen LogP contribution in [0.3, 0.4) is 0 Å². The van der Waals surface area contributed by atoms with E-state index in [1.54, 1.807) is 37.5 Å². The fraction of sp³-hybridized carbons (Fsp3) is 0.136. The van der Waals surface area contributed by atoms with Gasteiger partial charge in [-0.15, -0.1) is 0 Å². The van der Waals surface area contributed by atoms with E-state index in [0.717, 1.165) is 5.41 Å². The van der Waals surface area contributed by atoms with Crippen LogP contribution in [0.1, 0.15) is 12.5 Å². The van der Waals surface area contributed by atoms with Gasteiger partial charge in [-0.3, -0.25) is 9.52 Å². The van der Waals surface area contributed by atoms with Crippen LogP contribution in [0.25, 0.3) is 11.1 Å². The van der Waals surface area contributed by atoms with Crippen LogP contribution in [-0.4, -0.2) is 13.0 Å². The second kappa shape index (κ2) is 8.54. The summed E-state index contributed by atoms with van der Waals surface area (Å²) in [4.78, 5) is 12.3. The van der Waals surface area contributed by atoms with Gasteiger partial charge in [-0.25, -0.2) is 12.8 Å². The maximum atomic E-state index is 13.2. The van der Waals surface area contributed by atoms with Crippen LogP contribution in [0.5, 0.6) is 11.5 Å². The van der Waals surface area contributed by atoms with E-state index in [1.807, 2.05) is 6.92 Å². The Labute approximate surface area is 174 Å². The van der Waals surface area contributed by atoms with E-state index >= 15 is 0 Å². The summed E-state index contributed by atoms with van der Waals surface area (Å²) in [6.07, 6.45) is 2.19. The number of ether oxygens (including phenoxy) is 1. The van der Waals surface area contributed by atoms with Crippen LogP contribution in [0.2, 0.25) is 0 Å². The number of halogens is 1. The molecule has 30 heavy (non-hydrogen) atoms. The van der Waals surface area contributed by atoms with Crippen LogP contribution >= 0.6 is 0 Å². The van der Waals surface area contributed by atoms with Crippen molar-refractivity contribution in [3.8, 4) is 22.6 Å². The zero-order valence-electron chi connectivity index (χ0n) is 16.6. The van der Waals surface area contributed by atoms with Crippen molar-refractivity contribution in [3.63, 3.8) is 0 Å². The molecule has 3 rings (SSSR count). The quantitative estimate of drug-likeness (QED) is 0.604. The second-order valence-corrected chi connectivity index (χ2v) is 8.23. The highest BCUT2D eigenvalue weighted by Crippen LogP contribution is 2.36. The Bertz CT molecular complexity index is 1250. The molecule has 156 valence electrons. The molecule has 2 aromatic carbocycles. The Hall–Kier alpha value is -3.39. The first kappa shape index (κ1) is 21.3. The topological polar surface area (TPSA) is 77.4 Å². The number of anilines is 1. The van der Waals surface area contributed by atoms with Crippen molar-refractivity contribution in [2.24, 2.45) is 7.05 Å². The average molecular weight is 428 g/mol. The van der Waals surface area contributed by atoms with Crippen LogP contribution < -0.4 is 15.0 Å². The molecule has 1 aromatic heterocycles. The van der Waals surface area contributed by atoms with E-state index in [1.165, 1.54) is 28.8 Å². The molecule has 1 heterocycles. The van der Waals surface area contributed by atoms with Gasteiger partial charge in [0.2, 0.25) is 0 Å². The van der Waals surface area contributed by atoms with Crippen LogP contribution in [0.15, 0.2) is 71.5 Å². The highest BCUT2D eigenvalue weighted by atomic mass is 32.2. The third-order valence-electron chi connectivity index (χ3n) is 4.45. The standard InChI is InChI=1S/C22H21FN2O4S/c1-4-15-12-16(14-25(3)22(15)26)20-13-18(24-30(27,28)5-2)8-11-21(20)29-19-9-6-17(23)7-10-19/h5-14,24H,2,4H2,1,3H3. The molecular formula is C22H21FN2O4S. The highest BCUT2D eigenvalue weighted by molar-refractivity contribution is 7.95. The summed E-state index contributed by atoms with van der Waals surface area (Å²) >= 11 is 0. The summed E-state index contributed by atoms with van der Waals surface area (Å²) < 4.78 is 46.8. The first-order chi connectivity index (χ1) is 14.2. The molecule has 0 spiro atoms. The van der Waals surface area contributed by atoms with Crippen molar-refractivity contribution in [3.05, 3.63) is 88.4 Å². The number of pyridine rings is 1. The van der Waals surface area contributed by atoms with E-state index in [4.69, 9.17) is 4.74 Å². The lowest BCUT2D eigenvalue weighted by Gasteiger charge is -2.15. The number of aryl methyl sites for hydroxylation is 2. The lowest BCUT2D eigenvalue weighted by molar-refractivity contribution is 0.482. The molecule has 0 radical (unpaired) electrons. The Morgan fingerprint density at radius 3 is 2.50 bits per heavy atom. The minimum absolute atomic E-state index is 0.106. The number of hydrogen-bond donors (Lipinski definition) is 1. The first-order valence-corrected chi connectivity index (χ1v) is 10.7. The van der Waals surface area contributed by atoms with Gasteiger partial charge in [0.1, 0.15) is 17.3 Å². The van der Waals surface area contributed by atoms with E-state index < -0.39 is 10.0 Å². The summed E-state index contributed by atoms with van der Waals surface area (Å²) in [6.45, 7) is 5.17. The van der Waals surface area contributed by atoms with E-state index in [0.29, 0.717) is 40.3 Å². The maximum Gasteiger partial charge on any atom is 0.254 e. The lowest BCUT2D eigenvalue weighted by atomic mass is 10.0. The molecule has 0 bridgehead atoms. The average Bonchev–Trinajstić information content (AvgIpc) is 2.72. The number of sulfonamides is 1. The number of aromatic nitrogens is 1. The van der Waals surface area contributed by atoms with Crippen LogP contribution in [-0.2, 0) is 23.5 Å². The smallest absolute Gasteiger partial charge is 0.254 e. The molecule has 0 unspecified atom stereocenters. The maximum absolute atomic E-state index is 13.2. The van der Waals surface area contributed by atoms with Crippen molar-refractivity contribution in [1.82, 2.24) is 4.57 Å². The molecule has 8 heteroatoms. The normalized spacial score (nSPS) is 11.2. The van der Waals surface area contributed by atoms with Crippen molar-refractivity contribution in [2.45, 2.75) is 13.3 Å². The van der Waals surface area contributed by atoms with Gasteiger partial charge in [0, 0.05) is 41.0 Å². The second-order valence-electron chi connectivity index (χ2n) is 6.60. The molecule has 6 nitrogen and oxygen atoms in total. The summed E-state index contributed by atoms with van der Waals surface area (Å²) in [5, 5.41) is 0.816. The van der Waals surface area contributed by atoms with Crippen molar-refractivity contribution < 1.29 is 17.5 Å². The molecule has 1 N–H and O–H groups in total.